The Bertz CT molecular complexity index is 977. The van der Waals surface area contributed by atoms with Gasteiger partial charge in [0.05, 0.1) is 13.7 Å². The largest absolute Gasteiger partial charge is 0.492 e. The van der Waals surface area contributed by atoms with Crippen molar-refractivity contribution in [3.05, 3.63) is 58.6 Å². The predicted molar refractivity (Wildman–Crippen MR) is 125 cm³/mol. The van der Waals surface area contributed by atoms with E-state index in [1.165, 1.54) is 7.11 Å². The number of hydrogen-bond acceptors (Lipinski definition) is 6. The van der Waals surface area contributed by atoms with E-state index in [1.807, 2.05) is 12.1 Å². The van der Waals surface area contributed by atoms with Crippen molar-refractivity contribution in [3.8, 4) is 11.5 Å². The van der Waals surface area contributed by atoms with Gasteiger partial charge >= 0.3 is 5.97 Å². The third kappa shape index (κ3) is 5.54. The fraction of sp³-hybridized carbons (Fsp3) is 0.417. The van der Waals surface area contributed by atoms with Crippen molar-refractivity contribution in [2.24, 2.45) is 0 Å². The highest BCUT2D eigenvalue weighted by molar-refractivity contribution is 6.30. The average molecular weight is 493 g/mol. The number of amides is 1. The molecule has 2 bridgehead atoms. The summed E-state index contributed by atoms with van der Waals surface area (Å²) in [5.41, 5.74) is -0.353. The van der Waals surface area contributed by atoms with Gasteiger partial charge in [0.25, 0.3) is 5.91 Å². The molecule has 176 valence electrons. The van der Waals surface area contributed by atoms with Gasteiger partial charge in [-0.2, -0.15) is 0 Å². The van der Waals surface area contributed by atoms with Crippen LogP contribution in [0.4, 0.5) is 0 Å². The fourth-order valence-electron chi connectivity index (χ4n) is 4.72. The summed E-state index contributed by atoms with van der Waals surface area (Å²) >= 11 is 11.8. The highest BCUT2D eigenvalue weighted by Gasteiger charge is 2.70. The smallest absolute Gasteiger partial charge is 0.319 e. The quantitative estimate of drug-likeness (QED) is 0.481. The van der Waals surface area contributed by atoms with Crippen LogP contribution in [0.3, 0.4) is 0 Å². The molecule has 0 radical (unpaired) electrons. The average Bonchev–Trinajstić information content (AvgIpc) is 2.75. The van der Waals surface area contributed by atoms with Crippen molar-refractivity contribution in [2.75, 3.05) is 33.4 Å². The highest BCUT2D eigenvalue weighted by Crippen LogP contribution is 2.63. The molecule has 3 aliphatic carbocycles. The molecule has 0 aliphatic heterocycles. The van der Waals surface area contributed by atoms with Crippen LogP contribution in [-0.2, 0) is 14.3 Å². The molecule has 5 rings (SSSR count). The number of carbonyl (C=O) groups excluding carboxylic acids is 2. The molecule has 3 aliphatic rings. The molecule has 0 heterocycles. The minimum absolute atomic E-state index is 0.0583. The molecule has 0 saturated heterocycles. The molecule has 2 aromatic rings. The number of benzene rings is 2. The van der Waals surface area contributed by atoms with Crippen LogP contribution < -0.4 is 14.8 Å². The zero-order valence-electron chi connectivity index (χ0n) is 18.3. The van der Waals surface area contributed by atoms with E-state index in [2.05, 4.69) is 10.2 Å². The number of nitrogens with one attached hydrogen (secondary N) is 1. The molecule has 7 nitrogen and oxygen atoms in total. The maximum absolute atomic E-state index is 12.4. The molecule has 0 spiro atoms. The van der Waals surface area contributed by atoms with Gasteiger partial charge in [0.1, 0.15) is 18.1 Å². The van der Waals surface area contributed by atoms with E-state index in [0.717, 1.165) is 25.0 Å². The third-order valence-corrected chi connectivity index (χ3v) is 6.76. The summed E-state index contributed by atoms with van der Waals surface area (Å²) in [6.07, 6.45) is 2.35. The maximum atomic E-state index is 12.4. The van der Waals surface area contributed by atoms with Gasteiger partial charge in [0.2, 0.25) is 0 Å². The minimum atomic E-state index is -0.291. The van der Waals surface area contributed by atoms with E-state index in [4.69, 9.17) is 37.4 Å². The van der Waals surface area contributed by atoms with Gasteiger partial charge in [-0.3, -0.25) is 14.5 Å². The molecule has 1 N–H and O–H groups in total. The first-order chi connectivity index (χ1) is 15.8. The Kier molecular flexibility index (Phi) is 7.02. The number of halogens is 2. The van der Waals surface area contributed by atoms with E-state index in [-0.39, 0.29) is 36.1 Å². The second-order valence-corrected chi connectivity index (χ2v) is 9.50. The second kappa shape index (κ2) is 9.79. The van der Waals surface area contributed by atoms with Crippen molar-refractivity contribution in [1.29, 1.82) is 0 Å². The zero-order valence-corrected chi connectivity index (χ0v) is 19.8. The second-order valence-electron chi connectivity index (χ2n) is 8.63. The van der Waals surface area contributed by atoms with Gasteiger partial charge in [-0.05, 0) is 67.8 Å². The minimum Gasteiger partial charge on any atom is -0.492 e. The number of nitrogens with zero attached hydrogens (tertiary/aromatic N) is 1. The molecule has 3 saturated carbocycles. The SMILES string of the molecule is COC(=O)CN(CCOc1ccc(Cl)cc1)C12CC(NC(=O)COc3ccc(Cl)cc3)(C1)C2. The Morgan fingerprint density at radius 2 is 1.48 bits per heavy atom. The Morgan fingerprint density at radius 1 is 0.939 bits per heavy atom. The van der Waals surface area contributed by atoms with Crippen molar-refractivity contribution < 1.29 is 23.8 Å². The molecule has 33 heavy (non-hydrogen) atoms. The van der Waals surface area contributed by atoms with Crippen molar-refractivity contribution >= 4 is 35.1 Å². The Balaban J connectivity index is 1.26. The lowest BCUT2D eigenvalue weighted by Crippen LogP contribution is -2.84. The fourth-order valence-corrected chi connectivity index (χ4v) is 4.97. The summed E-state index contributed by atoms with van der Waals surface area (Å²) in [5.74, 6) is 0.859. The van der Waals surface area contributed by atoms with E-state index in [1.54, 1.807) is 36.4 Å². The summed E-state index contributed by atoms with van der Waals surface area (Å²) in [6.45, 7) is 1.12. The maximum Gasteiger partial charge on any atom is 0.319 e. The van der Waals surface area contributed by atoms with Crippen LogP contribution in [0.5, 0.6) is 11.5 Å². The summed E-state index contributed by atoms with van der Waals surface area (Å²) < 4.78 is 16.2. The predicted octanol–water partition coefficient (Wildman–Crippen LogP) is 3.72. The monoisotopic (exact) mass is 492 g/mol. The van der Waals surface area contributed by atoms with Gasteiger partial charge in [-0.15, -0.1) is 0 Å². The van der Waals surface area contributed by atoms with Crippen LogP contribution in [0.25, 0.3) is 0 Å². The molecular formula is C24H26Cl2N2O5. The van der Waals surface area contributed by atoms with Crippen LogP contribution in [0, 0.1) is 0 Å². The molecule has 0 aromatic heterocycles. The van der Waals surface area contributed by atoms with E-state index < -0.39 is 0 Å². The zero-order chi connectivity index (χ0) is 23.5. The molecule has 0 atom stereocenters. The first kappa shape index (κ1) is 23.7. The summed E-state index contributed by atoms with van der Waals surface area (Å²) in [4.78, 5) is 26.5. The molecule has 0 unspecified atom stereocenters. The van der Waals surface area contributed by atoms with E-state index in [9.17, 15) is 9.59 Å². The number of esters is 1. The number of hydrogen-bond donors (Lipinski definition) is 1. The summed E-state index contributed by atoms with van der Waals surface area (Å²) in [5, 5.41) is 4.36. The van der Waals surface area contributed by atoms with Crippen LogP contribution >= 0.6 is 23.2 Å². The third-order valence-electron chi connectivity index (χ3n) is 6.25. The standard InChI is InChI=1S/C24H26Cl2N2O5/c1-31-22(30)12-28(10-11-32-19-6-2-17(25)3-7-19)24-14-23(15-24,16-24)27-21(29)13-33-20-8-4-18(26)5-9-20/h2-9H,10-16H2,1H3,(H,27,29). The Hall–Kier alpha value is -2.48. The van der Waals surface area contributed by atoms with Gasteiger partial charge in [0.15, 0.2) is 6.61 Å². The lowest BCUT2D eigenvalue weighted by Gasteiger charge is -2.73. The van der Waals surface area contributed by atoms with Gasteiger partial charge in [-0.1, -0.05) is 23.2 Å². The molecule has 1 amide bonds. The van der Waals surface area contributed by atoms with Crippen LogP contribution in [0.2, 0.25) is 10.0 Å². The van der Waals surface area contributed by atoms with Gasteiger partial charge in [-0.25, -0.2) is 0 Å². The first-order valence-electron chi connectivity index (χ1n) is 10.7. The van der Waals surface area contributed by atoms with Crippen molar-refractivity contribution in [1.82, 2.24) is 10.2 Å². The van der Waals surface area contributed by atoms with Crippen LogP contribution in [0.1, 0.15) is 19.3 Å². The number of carbonyl (C=O) groups is 2. The van der Waals surface area contributed by atoms with Gasteiger partial charge < -0.3 is 19.5 Å². The first-order valence-corrected chi connectivity index (χ1v) is 11.5. The van der Waals surface area contributed by atoms with E-state index >= 15 is 0 Å². The number of ether oxygens (including phenoxy) is 3. The van der Waals surface area contributed by atoms with E-state index in [0.29, 0.717) is 28.9 Å². The topological polar surface area (TPSA) is 77.1 Å². The summed E-state index contributed by atoms with van der Waals surface area (Å²) in [6, 6.07) is 14.0. The Morgan fingerprint density at radius 3 is 2.03 bits per heavy atom. The number of rotatable bonds is 11. The van der Waals surface area contributed by atoms with Gasteiger partial charge in [0, 0.05) is 27.7 Å². The van der Waals surface area contributed by atoms with Crippen molar-refractivity contribution in [2.45, 2.75) is 30.3 Å². The van der Waals surface area contributed by atoms with Crippen LogP contribution in [-0.4, -0.2) is 61.3 Å². The molecule has 9 heteroatoms. The normalized spacial score (nSPS) is 22.7. The molecule has 2 aromatic carbocycles. The van der Waals surface area contributed by atoms with Crippen LogP contribution in [0.15, 0.2) is 48.5 Å². The lowest BCUT2D eigenvalue weighted by atomic mass is 9.43. The van der Waals surface area contributed by atoms with Crippen molar-refractivity contribution in [3.63, 3.8) is 0 Å². The summed E-state index contributed by atoms with van der Waals surface area (Å²) in [7, 11) is 1.38. The molecular weight excluding hydrogens is 467 g/mol. The molecule has 3 fully saturated rings. The highest BCUT2D eigenvalue weighted by atomic mass is 35.5. The lowest BCUT2D eigenvalue weighted by molar-refractivity contribution is -0.191. The number of methoxy groups -OCH3 is 1. The Labute approximate surface area is 202 Å².